The SMILES string of the molecule is CC(C)(O)c1csc(-c2cccc(Br)c2)n1. The maximum absolute atomic E-state index is 9.84. The molecule has 0 spiro atoms. The van der Waals surface area contributed by atoms with Crippen LogP contribution in [0, 0.1) is 0 Å². The fourth-order valence-corrected chi connectivity index (χ4v) is 2.69. The van der Waals surface area contributed by atoms with Crippen molar-refractivity contribution in [2.24, 2.45) is 0 Å². The van der Waals surface area contributed by atoms with Crippen LogP contribution in [0.2, 0.25) is 0 Å². The third-order valence-corrected chi connectivity index (χ3v) is 3.59. The fraction of sp³-hybridized carbons (Fsp3) is 0.250. The highest BCUT2D eigenvalue weighted by Gasteiger charge is 2.19. The van der Waals surface area contributed by atoms with Crippen LogP contribution in [0.3, 0.4) is 0 Å². The summed E-state index contributed by atoms with van der Waals surface area (Å²) in [6.07, 6.45) is 0. The minimum atomic E-state index is -0.874. The first-order valence-electron chi connectivity index (χ1n) is 4.91. The van der Waals surface area contributed by atoms with Crippen molar-refractivity contribution in [3.63, 3.8) is 0 Å². The Morgan fingerprint density at radius 3 is 2.69 bits per heavy atom. The molecule has 1 aromatic heterocycles. The van der Waals surface area contributed by atoms with E-state index in [-0.39, 0.29) is 0 Å². The van der Waals surface area contributed by atoms with Gasteiger partial charge in [-0.2, -0.15) is 0 Å². The molecule has 0 bridgehead atoms. The Morgan fingerprint density at radius 1 is 1.38 bits per heavy atom. The highest BCUT2D eigenvalue weighted by atomic mass is 79.9. The van der Waals surface area contributed by atoms with Crippen LogP contribution in [-0.4, -0.2) is 10.1 Å². The van der Waals surface area contributed by atoms with Gasteiger partial charge in [-0.25, -0.2) is 4.98 Å². The molecule has 0 radical (unpaired) electrons. The van der Waals surface area contributed by atoms with E-state index in [4.69, 9.17) is 0 Å². The highest BCUT2D eigenvalue weighted by molar-refractivity contribution is 9.10. The van der Waals surface area contributed by atoms with E-state index in [1.54, 1.807) is 25.2 Å². The molecule has 1 N–H and O–H groups in total. The third kappa shape index (κ3) is 2.51. The summed E-state index contributed by atoms with van der Waals surface area (Å²) in [6.45, 7) is 3.49. The Labute approximate surface area is 107 Å². The van der Waals surface area contributed by atoms with E-state index >= 15 is 0 Å². The van der Waals surface area contributed by atoms with Gasteiger partial charge >= 0.3 is 0 Å². The second-order valence-corrected chi connectivity index (χ2v) is 5.88. The van der Waals surface area contributed by atoms with E-state index < -0.39 is 5.60 Å². The molecule has 2 aromatic rings. The summed E-state index contributed by atoms with van der Waals surface area (Å²) < 4.78 is 1.03. The van der Waals surface area contributed by atoms with Crippen LogP contribution in [0.5, 0.6) is 0 Å². The van der Waals surface area contributed by atoms with Gasteiger partial charge in [0.15, 0.2) is 0 Å². The van der Waals surface area contributed by atoms with Gasteiger partial charge < -0.3 is 5.11 Å². The average Bonchev–Trinajstić information content (AvgIpc) is 2.65. The molecule has 1 heterocycles. The van der Waals surface area contributed by atoms with Crippen LogP contribution in [0.15, 0.2) is 34.1 Å². The molecule has 0 saturated heterocycles. The predicted octanol–water partition coefficient (Wildman–Crippen LogP) is 3.80. The van der Waals surface area contributed by atoms with Gasteiger partial charge in [0.25, 0.3) is 0 Å². The van der Waals surface area contributed by atoms with Crippen LogP contribution in [0.25, 0.3) is 10.6 Å². The molecular formula is C12H12BrNOS. The van der Waals surface area contributed by atoms with Gasteiger partial charge in [-0.05, 0) is 26.0 Å². The lowest BCUT2D eigenvalue weighted by molar-refractivity contribution is 0.0746. The number of nitrogens with zero attached hydrogens (tertiary/aromatic N) is 1. The summed E-state index contributed by atoms with van der Waals surface area (Å²) in [6, 6.07) is 7.99. The zero-order valence-corrected chi connectivity index (χ0v) is 11.5. The van der Waals surface area contributed by atoms with Gasteiger partial charge in [-0.15, -0.1) is 11.3 Å². The van der Waals surface area contributed by atoms with Crippen LogP contribution < -0.4 is 0 Å². The van der Waals surface area contributed by atoms with Crippen molar-refractivity contribution in [1.29, 1.82) is 0 Å². The Hall–Kier alpha value is -0.710. The molecule has 1 aromatic carbocycles. The predicted molar refractivity (Wildman–Crippen MR) is 70.5 cm³/mol. The standard InChI is InChI=1S/C12H12BrNOS/c1-12(2,15)10-7-16-11(14-10)8-4-3-5-9(13)6-8/h3-7,15H,1-2H3. The third-order valence-electron chi connectivity index (χ3n) is 2.20. The number of aliphatic hydroxyl groups is 1. The van der Waals surface area contributed by atoms with Crippen LogP contribution in [0.1, 0.15) is 19.5 Å². The van der Waals surface area contributed by atoms with E-state index in [2.05, 4.69) is 20.9 Å². The van der Waals surface area contributed by atoms with Crippen LogP contribution >= 0.6 is 27.3 Å². The summed E-state index contributed by atoms with van der Waals surface area (Å²) in [5.74, 6) is 0. The second-order valence-electron chi connectivity index (χ2n) is 4.11. The molecule has 0 amide bonds. The highest BCUT2D eigenvalue weighted by Crippen LogP contribution is 2.29. The molecule has 0 atom stereocenters. The zero-order valence-electron chi connectivity index (χ0n) is 9.07. The van der Waals surface area contributed by atoms with Crippen LogP contribution in [-0.2, 0) is 5.60 Å². The van der Waals surface area contributed by atoms with Gasteiger partial charge in [0, 0.05) is 15.4 Å². The summed E-state index contributed by atoms with van der Waals surface area (Å²) in [5, 5.41) is 12.7. The van der Waals surface area contributed by atoms with Gasteiger partial charge in [0.05, 0.1) is 5.69 Å². The van der Waals surface area contributed by atoms with Crippen molar-refractivity contribution in [2.75, 3.05) is 0 Å². The van der Waals surface area contributed by atoms with Crippen LogP contribution in [0.4, 0.5) is 0 Å². The average molecular weight is 298 g/mol. The molecule has 0 aliphatic carbocycles. The molecule has 0 saturated carbocycles. The quantitative estimate of drug-likeness (QED) is 0.914. The molecule has 0 unspecified atom stereocenters. The first kappa shape index (κ1) is 11.8. The normalized spacial score (nSPS) is 11.8. The number of hydrogen-bond acceptors (Lipinski definition) is 3. The Balaban J connectivity index is 2.39. The van der Waals surface area contributed by atoms with E-state index in [1.807, 2.05) is 29.6 Å². The van der Waals surface area contributed by atoms with Gasteiger partial charge in [-0.1, -0.05) is 28.1 Å². The van der Waals surface area contributed by atoms with E-state index in [0.29, 0.717) is 5.69 Å². The first-order valence-corrected chi connectivity index (χ1v) is 6.58. The number of rotatable bonds is 2. The molecule has 0 aliphatic rings. The van der Waals surface area contributed by atoms with Crippen molar-refractivity contribution >= 4 is 27.3 Å². The van der Waals surface area contributed by atoms with Gasteiger partial charge in [0.1, 0.15) is 10.6 Å². The molecule has 2 nitrogen and oxygen atoms in total. The number of thiazole rings is 1. The first-order chi connectivity index (χ1) is 7.47. The molecule has 0 fully saturated rings. The number of aromatic nitrogens is 1. The topological polar surface area (TPSA) is 33.1 Å². The monoisotopic (exact) mass is 297 g/mol. The molecule has 4 heteroatoms. The van der Waals surface area contributed by atoms with Crippen molar-refractivity contribution in [2.45, 2.75) is 19.4 Å². The molecule has 2 rings (SSSR count). The smallest absolute Gasteiger partial charge is 0.123 e. The summed E-state index contributed by atoms with van der Waals surface area (Å²) in [7, 11) is 0. The Kier molecular flexibility index (Phi) is 3.15. The van der Waals surface area contributed by atoms with Crippen molar-refractivity contribution in [1.82, 2.24) is 4.98 Å². The van der Waals surface area contributed by atoms with E-state index in [0.717, 1.165) is 15.0 Å². The zero-order chi connectivity index (χ0) is 11.8. The lowest BCUT2D eigenvalue weighted by atomic mass is 10.1. The van der Waals surface area contributed by atoms with E-state index in [1.165, 1.54) is 0 Å². The molecule has 16 heavy (non-hydrogen) atoms. The lowest BCUT2D eigenvalue weighted by Gasteiger charge is -2.12. The minimum Gasteiger partial charge on any atom is -0.384 e. The summed E-state index contributed by atoms with van der Waals surface area (Å²) in [5.41, 5.74) is 0.906. The summed E-state index contributed by atoms with van der Waals surface area (Å²) >= 11 is 4.98. The number of hydrogen-bond donors (Lipinski definition) is 1. The van der Waals surface area contributed by atoms with Gasteiger partial charge in [0.2, 0.25) is 0 Å². The molecule has 84 valence electrons. The minimum absolute atomic E-state index is 0.715. The lowest BCUT2D eigenvalue weighted by Crippen LogP contribution is -2.15. The van der Waals surface area contributed by atoms with Crippen molar-refractivity contribution in [3.8, 4) is 10.6 Å². The fourth-order valence-electron chi connectivity index (χ4n) is 1.31. The summed E-state index contributed by atoms with van der Waals surface area (Å²) in [4.78, 5) is 4.44. The molecular weight excluding hydrogens is 286 g/mol. The van der Waals surface area contributed by atoms with Crippen molar-refractivity contribution < 1.29 is 5.11 Å². The van der Waals surface area contributed by atoms with E-state index in [9.17, 15) is 5.11 Å². The Bertz CT molecular complexity index is 502. The number of halogens is 1. The largest absolute Gasteiger partial charge is 0.384 e. The maximum atomic E-state index is 9.84. The Morgan fingerprint density at radius 2 is 2.12 bits per heavy atom. The number of benzene rings is 1. The molecule has 0 aliphatic heterocycles. The van der Waals surface area contributed by atoms with Gasteiger partial charge in [-0.3, -0.25) is 0 Å². The maximum Gasteiger partial charge on any atom is 0.123 e. The van der Waals surface area contributed by atoms with Crippen molar-refractivity contribution in [3.05, 3.63) is 39.8 Å². The second kappa shape index (κ2) is 4.28.